The maximum Gasteiger partial charge on any atom is 0.183 e. The van der Waals surface area contributed by atoms with E-state index < -0.39 is 11.6 Å². The zero-order chi connectivity index (χ0) is 15.3. The van der Waals surface area contributed by atoms with E-state index in [4.69, 9.17) is 9.47 Å². The maximum atomic E-state index is 12.5. The summed E-state index contributed by atoms with van der Waals surface area (Å²) in [4.78, 5) is 12.5. The highest BCUT2D eigenvalue weighted by Crippen LogP contribution is 2.25. The maximum absolute atomic E-state index is 12.5. The molecule has 0 aliphatic rings. The lowest BCUT2D eigenvalue weighted by Crippen LogP contribution is -2.50. The van der Waals surface area contributed by atoms with Gasteiger partial charge in [0.1, 0.15) is 11.5 Å². The van der Waals surface area contributed by atoms with Crippen LogP contribution < -0.4 is 14.8 Å². The molecular weight excluding hydrogens is 258 g/mol. The van der Waals surface area contributed by atoms with Crippen LogP contribution in [0.3, 0.4) is 0 Å². The molecule has 0 saturated carbocycles. The largest absolute Gasteiger partial charge is 0.497 e. The van der Waals surface area contributed by atoms with Crippen LogP contribution in [-0.4, -0.2) is 43.3 Å². The lowest BCUT2D eigenvalue weighted by atomic mass is 10.00. The zero-order valence-corrected chi connectivity index (χ0v) is 12.7. The molecule has 5 heteroatoms. The first kappa shape index (κ1) is 16.5. The standard InChI is InChI=1S/C15H23NO4/c1-10(16-15(2,3)9-17)14(18)12-8-11(19-4)6-7-13(12)20-5/h6-8,10,16-17H,9H2,1-5H3. The number of carbonyl (C=O) groups excluding carboxylic acids is 1. The fourth-order valence-corrected chi connectivity index (χ4v) is 1.94. The van der Waals surface area contributed by atoms with Gasteiger partial charge in [-0.05, 0) is 39.0 Å². The molecule has 2 N–H and O–H groups in total. The molecule has 1 unspecified atom stereocenters. The highest BCUT2D eigenvalue weighted by atomic mass is 16.5. The van der Waals surface area contributed by atoms with Crippen molar-refractivity contribution in [2.24, 2.45) is 0 Å². The fourth-order valence-electron chi connectivity index (χ4n) is 1.94. The van der Waals surface area contributed by atoms with Crippen LogP contribution in [0.15, 0.2) is 18.2 Å². The number of ketones is 1. The van der Waals surface area contributed by atoms with Crippen LogP contribution in [-0.2, 0) is 0 Å². The van der Waals surface area contributed by atoms with Gasteiger partial charge in [-0.3, -0.25) is 4.79 Å². The van der Waals surface area contributed by atoms with Gasteiger partial charge in [0.2, 0.25) is 0 Å². The Kier molecular flexibility index (Phi) is 5.53. The predicted octanol–water partition coefficient (Wildman–Crippen LogP) is 1.64. The van der Waals surface area contributed by atoms with Gasteiger partial charge in [0.05, 0.1) is 32.4 Å². The van der Waals surface area contributed by atoms with Crippen molar-refractivity contribution in [3.8, 4) is 11.5 Å². The van der Waals surface area contributed by atoms with E-state index in [1.165, 1.54) is 7.11 Å². The minimum Gasteiger partial charge on any atom is -0.497 e. The number of rotatable bonds is 7. The second kappa shape index (κ2) is 6.72. The summed E-state index contributed by atoms with van der Waals surface area (Å²) in [5.74, 6) is 0.997. The number of aliphatic hydroxyl groups is 1. The van der Waals surface area contributed by atoms with Crippen LogP contribution in [0.2, 0.25) is 0 Å². The predicted molar refractivity (Wildman–Crippen MR) is 77.6 cm³/mol. The van der Waals surface area contributed by atoms with Gasteiger partial charge < -0.3 is 19.9 Å². The van der Waals surface area contributed by atoms with E-state index in [0.717, 1.165) is 0 Å². The molecule has 0 heterocycles. The molecule has 0 radical (unpaired) electrons. The Morgan fingerprint density at radius 2 is 2.00 bits per heavy atom. The Morgan fingerprint density at radius 3 is 2.50 bits per heavy atom. The quantitative estimate of drug-likeness (QED) is 0.744. The molecule has 0 spiro atoms. The SMILES string of the molecule is COc1ccc(OC)c(C(=O)C(C)NC(C)(C)CO)c1. The molecule has 0 aliphatic carbocycles. The monoisotopic (exact) mass is 281 g/mol. The Morgan fingerprint density at radius 1 is 1.35 bits per heavy atom. The minimum absolute atomic E-state index is 0.0557. The average molecular weight is 281 g/mol. The summed E-state index contributed by atoms with van der Waals surface area (Å²) in [5.41, 5.74) is -0.0677. The molecule has 1 aromatic rings. The topological polar surface area (TPSA) is 67.8 Å². The molecule has 1 rings (SSSR count). The number of Topliss-reactive ketones (excluding diaryl/α,β-unsaturated/α-hetero) is 1. The third kappa shape index (κ3) is 3.95. The Balaban J connectivity index is 3.01. The zero-order valence-electron chi connectivity index (χ0n) is 12.7. The van der Waals surface area contributed by atoms with E-state index in [1.807, 2.05) is 13.8 Å². The minimum atomic E-state index is -0.527. The van der Waals surface area contributed by atoms with Crippen molar-refractivity contribution in [2.45, 2.75) is 32.4 Å². The van der Waals surface area contributed by atoms with E-state index in [0.29, 0.717) is 17.1 Å². The molecule has 0 bridgehead atoms. The van der Waals surface area contributed by atoms with Crippen LogP contribution in [0.5, 0.6) is 11.5 Å². The number of benzene rings is 1. The van der Waals surface area contributed by atoms with E-state index in [2.05, 4.69) is 5.32 Å². The van der Waals surface area contributed by atoms with Gasteiger partial charge in [-0.25, -0.2) is 0 Å². The van der Waals surface area contributed by atoms with Crippen molar-refractivity contribution >= 4 is 5.78 Å². The van der Waals surface area contributed by atoms with Gasteiger partial charge >= 0.3 is 0 Å². The smallest absolute Gasteiger partial charge is 0.183 e. The molecule has 0 amide bonds. The summed E-state index contributed by atoms with van der Waals surface area (Å²) in [5, 5.41) is 12.4. The normalized spacial score (nSPS) is 12.9. The Labute approximate surface area is 119 Å². The van der Waals surface area contributed by atoms with Crippen molar-refractivity contribution in [1.82, 2.24) is 5.32 Å². The van der Waals surface area contributed by atoms with Gasteiger partial charge in [-0.15, -0.1) is 0 Å². The molecule has 0 aromatic heterocycles. The second-order valence-corrected chi connectivity index (χ2v) is 5.34. The van der Waals surface area contributed by atoms with Crippen LogP contribution in [0.4, 0.5) is 0 Å². The van der Waals surface area contributed by atoms with Crippen LogP contribution in [0.25, 0.3) is 0 Å². The number of carbonyl (C=O) groups is 1. The fraction of sp³-hybridized carbons (Fsp3) is 0.533. The van der Waals surface area contributed by atoms with Crippen molar-refractivity contribution in [1.29, 1.82) is 0 Å². The summed E-state index contributed by atoms with van der Waals surface area (Å²) >= 11 is 0. The molecule has 0 aliphatic heterocycles. The van der Waals surface area contributed by atoms with Gasteiger partial charge in [0.15, 0.2) is 5.78 Å². The Hall–Kier alpha value is -1.59. The lowest BCUT2D eigenvalue weighted by Gasteiger charge is -2.27. The number of hydrogen-bond acceptors (Lipinski definition) is 5. The molecule has 1 atom stereocenters. The van der Waals surface area contributed by atoms with Crippen LogP contribution in [0.1, 0.15) is 31.1 Å². The van der Waals surface area contributed by atoms with Crippen molar-refractivity contribution < 1.29 is 19.4 Å². The molecule has 5 nitrogen and oxygen atoms in total. The molecule has 0 saturated heterocycles. The first-order chi connectivity index (χ1) is 9.34. The summed E-state index contributed by atoms with van der Waals surface area (Å²) in [7, 11) is 3.07. The summed E-state index contributed by atoms with van der Waals surface area (Å²) < 4.78 is 10.4. The number of hydrogen-bond donors (Lipinski definition) is 2. The highest BCUT2D eigenvalue weighted by Gasteiger charge is 2.25. The van der Waals surface area contributed by atoms with Crippen LogP contribution in [0, 0.1) is 0 Å². The summed E-state index contributed by atoms with van der Waals surface area (Å²) in [6.07, 6.45) is 0. The van der Waals surface area contributed by atoms with E-state index >= 15 is 0 Å². The number of nitrogens with one attached hydrogen (secondary N) is 1. The molecule has 1 aromatic carbocycles. The Bertz CT molecular complexity index is 471. The van der Waals surface area contributed by atoms with E-state index in [9.17, 15) is 9.90 Å². The van der Waals surface area contributed by atoms with Gasteiger partial charge in [0.25, 0.3) is 0 Å². The van der Waals surface area contributed by atoms with Crippen molar-refractivity contribution in [3.63, 3.8) is 0 Å². The third-order valence-corrected chi connectivity index (χ3v) is 3.07. The lowest BCUT2D eigenvalue weighted by molar-refractivity contribution is 0.0908. The van der Waals surface area contributed by atoms with E-state index in [1.54, 1.807) is 32.2 Å². The van der Waals surface area contributed by atoms with Crippen molar-refractivity contribution in [2.75, 3.05) is 20.8 Å². The third-order valence-electron chi connectivity index (χ3n) is 3.07. The van der Waals surface area contributed by atoms with Gasteiger partial charge in [-0.1, -0.05) is 0 Å². The number of methoxy groups -OCH3 is 2. The summed E-state index contributed by atoms with van der Waals surface area (Å²) in [6.45, 7) is 5.37. The first-order valence-electron chi connectivity index (χ1n) is 6.49. The number of aliphatic hydroxyl groups excluding tert-OH is 1. The van der Waals surface area contributed by atoms with Crippen molar-refractivity contribution in [3.05, 3.63) is 23.8 Å². The summed E-state index contributed by atoms with van der Waals surface area (Å²) in [6, 6.07) is 4.66. The van der Waals surface area contributed by atoms with E-state index in [-0.39, 0.29) is 12.4 Å². The number of ether oxygens (including phenoxy) is 2. The molecule has 20 heavy (non-hydrogen) atoms. The molecule has 0 fully saturated rings. The first-order valence-corrected chi connectivity index (χ1v) is 6.49. The molecular formula is C15H23NO4. The van der Waals surface area contributed by atoms with Gasteiger partial charge in [-0.2, -0.15) is 0 Å². The average Bonchev–Trinajstić information content (AvgIpc) is 2.45. The molecule has 112 valence electrons. The van der Waals surface area contributed by atoms with Gasteiger partial charge in [0, 0.05) is 5.54 Å². The van der Waals surface area contributed by atoms with Crippen LogP contribution >= 0.6 is 0 Å². The second-order valence-electron chi connectivity index (χ2n) is 5.34. The highest BCUT2D eigenvalue weighted by molar-refractivity contribution is 6.02.